The minimum absolute atomic E-state index is 0.0369. The number of fused-ring (bicyclic) bond motifs is 13. The summed E-state index contributed by atoms with van der Waals surface area (Å²) in [5.74, 6) is 0. The van der Waals surface area contributed by atoms with Crippen LogP contribution in [0.15, 0.2) is 121 Å². The quantitative estimate of drug-likeness (QED) is 0.203. The minimum atomic E-state index is -0.0369. The Balaban J connectivity index is 1.43. The lowest BCUT2D eigenvalue weighted by Crippen LogP contribution is -2.14. The summed E-state index contributed by atoms with van der Waals surface area (Å²) >= 11 is 0. The third-order valence-electron chi connectivity index (χ3n) is 9.83. The molecule has 192 valence electrons. The lowest BCUT2D eigenvalue weighted by atomic mass is 9.82. The topological polar surface area (TPSA) is 9.34 Å². The molecule has 9 aromatic rings. The third kappa shape index (κ3) is 2.46. The van der Waals surface area contributed by atoms with Gasteiger partial charge in [-0.1, -0.05) is 98.8 Å². The van der Waals surface area contributed by atoms with Gasteiger partial charge in [-0.25, -0.2) is 0 Å². The van der Waals surface area contributed by atoms with Crippen LogP contribution in [-0.2, 0) is 5.41 Å². The molecule has 0 radical (unpaired) electrons. The van der Waals surface area contributed by atoms with E-state index in [2.05, 4.69) is 144 Å². The number of rotatable bonds is 1. The van der Waals surface area contributed by atoms with E-state index >= 15 is 0 Å². The van der Waals surface area contributed by atoms with Crippen LogP contribution in [0.1, 0.15) is 25.0 Å². The molecule has 0 fully saturated rings. The van der Waals surface area contributed by atoms with E-state index in [1.807, 2.05) is 0 Å². The van der Waals surface area contributed by atoms with Gasteiger partial charge < -0.3 is 8.97 Å². The van der Waals surface area contributed by atoms with E-state index in [0.29, 0.717) is 0 Å². The van der Waals surface area contributed by atoms with Crippen LogP contribution < -0.4 is 0 Å². The zero-order chi connectivity index (χ0) is 27.0. The molecule has 6 aromatic carbocycles. The Labute approximate surface area is 237 Å². The van der Waals surface area contributed by atoms with Crippen LogP contribution in [0.25, 0.3) is 76.7 Å². The molecule has 3 aromatic heterocycles. The molecular formula is C39H26N2. The average molecular weight is 523 g/mol. The van der Waals surface area contributed by atoms with Crippen LogP contribution in [0, 0.1) is 0 Å². The Morgan fingerprint density at radius 2 is 1.20 bits per heavy atom. The molecule has 0 N–H and O–H groups in total. The number of nitrogens with zero attached hydrogens (tertiary/aromatic N) is 2. The van der Waals surface area contributed by atoms with Gasteiger partial charge in [0.15, 0.2) is 0 Å². The SMILES string of the molecule is CC1(C)c2ccccc2-c2cc3c4cccc5c6c7c(ccc6n(c3cc21)c45)c1ccccc1n7-c1ccccc1. The summed E-state index contributed by atoms with van der Waals surface area (Å²) in [6, 6.07) is 45.1. The monoisotopic (exact) mass is 522 g/mol. The molecule has 3 heterocycles. The fourth-order valence-corrected chi connectivity index (χ4v) is 8.06. The van der Waals surface area contributed by atoms with Crippen molar-refractivity contribution in [3.63, 3.8) is 0 Å². The first-order chi connectivity index (χ1) is 20.1. The Bertz CT molecular complexity index is 2540. The Morgan fingerprint density at radius 1 is 0.463 bits per heavy atom. The highest BCUT2D eigenvalue weighted by atomic mass is 15.0. The van der Waals surface area contributed by atoms with E-state index in [9.17, 15) is 0 Å². The van der Waals surface area contributed by atoms with Crippen molar-refractivity contribution in [3.8, 4) is 16.8 Å². The van der Waals surface area contributed by atoms with Crippen molar-refractivity contribution in [2.45, 2.75) is 19.3 Å². The van der Waals surface area contributed by atoms with Gasteiger partial charge >= 0.3 is 0 Å². The number of para-hydroxylation sites is 3. The maximum atomic E-state index is 2.54. The molecule has 0 unspecified atom stereocenters. The van der Waals surface area contributed by atoms with Crippen LogP contribution in [0.3, 0.4) is 0 Å². The van der Waals surface area contributed by atoms with Crippen molar-refractivity contribution in [1.29, 1.82) is 0 Å². The lowest BCUT2D eigenvalue weighted by Gasteiger charge is -2.21. The van der Waals surface area contributed by atoms with Gasteiger partial charge in [0, 0.05) is 43.4 Å². The molecule has 41 heavy (non-hydrogen) atoms. The Morgan fingerprint density at radius 3 is 2.10 bits per heavy atom. The number of hydrogen-bond acceptors (Lipinski definition) is 0. The highest BCUT2D eigenvalue weighted by Gasteiger charge is 2.36. The second kappa shape index (κ2) is 7.16. The predicted octanol–water partition coefficient (Wildman–Crippen LogP) is 10.2. The van der Waals surface area contributed by atoms with Gasteiger partial charge in [-0.2, -0.15) is 0 Å². The molecule has 2 nitrogen and oxygen atoms in total. The van der Waals surface area contributed by atoms with Crippen molar-refractivity contribution in [1.82, 2.24) is 8.97 Å². The number of hydrogen-bond donors (Lipinski definition) is 0. The van der Waals surface area contributed by atoms with Crippen molar-refractivity contribution in [2.24, 2.45) is 0 Å². The van der Waals surface area contributed by atoms with Crippen molar-refractivity contribution in [3.05, 3.63) is 132 Å². The van der Waals surface area contributed by atoms with Crippen molar-refractivity contribution < 1.29 is 0 Å². The van der Waals surface area contributed by atoms with Gasteiger partial charge in [0.1, 0.15) is 0 Å². The summed E-state index contributed by atoms with van der Waals surface area (Å²) in [7, 11) is 0. The number of benzene rings is 6. The average Bonchev–Trinajstić information content (AvgIpc) is 3.70. The third-order valence-corrected chi connectivity index (χ3v) is 9.83. The first-order valence-corrected chi connectivity index (χ1v) is 14.5. The van der Waals surface area contributed by atoms with Gasteiger partial charge in [0.2, 0.25) is 0 Å². The molecule has 0 bridgehead atoms. The highest BCUT2D eigenvalue weighted by molar-refractivity contribution is 6.31. The summed E-state index contributed by atoms with van der Waals surface area (Å²) in [5.41, 5.74) is 13.2. The standard InChI is InChI=1S/C39H26N2/c1-39(2)31-17-8-6-13-24(31)29-21-30-26-15-10-16-28-36-34(41(37(26)28)35(30)22-32(29)39)20-19-27-25-14-7-9-18-33(25)40(38(27)36)23-11-4-3-5-12-23/h3-22H,1-2H3. The Kier molecular flexibility index (Phi) is 3.79. The van der Waals surface area contributed by atoms with Gasteiger partial charge in [-0.3, -0.25) is 0 Å². The largest absolute Gasteiger partial charge is 0.309 e. The first-order valence-electron chi connectivity index (χ1n) is 14.5. The fraction of sp³-hybridized carbons (Fsp3) is 0.0769. The van der Waals surface area contributed by atoms with Crippen molar-refractivity contribution >= 4 is 59.9 Å². The fourth-order valence-electron chi connectivity index (χ4n) is 8.06. The molecular weight excluding hydrogens is 496 g/mol. The molecule has 0 amide bonds. The van der Waals surface area contributed by atoms with E-state index in [1.165, 1.54) is 87.8 Å². The Hall–Kier alpha value is -5.08. The number of aromatic nitrogens is 2. The van der Waals surface area contributed by atoms with Gasteiger partial charge in [0.05, 0.1) is 27.6 Å². The van der Waals surface area contributed by atoms with E-state index < -0.39 is 0 Å². The van der Waals surface area contributed by atoms with Crippen LogP contribution in [0.2, 0.25) is 0 Å². The summed E-state index contributed by atoms with van der Waals surface area (Å²) in [5, 5.41) is 7.90. The smallest absolute Gasteiger partial charge is 0.0641 e. The highest BCUT2D eigenvalue weighted by Crippen LogP contribution is 2.52. The summed E-state index contributed by atoms with van der Waals surface area (Å²) in [4.78, 5) is 0. The minimum Gasteiger partial charge on any atom is -0.309 e. The molecule has 10 rings (SSSR count). The molecule has 0 spiro atoms. The van der Waals surface area contributed by atoms with E-state index in [-0.39, 0.29) is 5.41 Å². The van der Waals surface area contributed by atoms with E-state index in [1.54, 1.807) is 0 Å². The lowest BCUT2D eigenvalue weighted by molar-refractivity contribution is 0.661. The first kappa shape index (κ1) is 21.7. The molecule has 2 heteroatoms. The van der Waals surface area contributed by atoms with Crippen molar-refractivity contribution in [2.75, 3.05) is 0 Å². The van der Waals surface area contributed by atoms with Crippen LogP contribution in [0.5, 0.6) is 0 Å². The van der Waals surface area contributed by atoms with Crippen LogP contribution >= 0.6 is 0 Å². The van der Waals surface area contributed by atoms with E-state index in [0.717, 1.165) is 0 Å². The second-order valence-corrected chi connectivity index (χ2v) is 12.2. The molecule has 1 aliphatic rings. The van der Waals surface area contributed by atoms with Gasteiger partial charge in [-0.15, -0.1) is 0 Å². The normalized spacial score (nSPS) is 14.3. The zero-order valence-corrected chi connectivity index (χ0v) is 22.9. The second-order valence-electron chi connectivity index (χ2n) is 12.2. The predicted molar refractivity (Wildman–Crippen MR) is 173 cm³/mol. The van der Waals surface area contributed by atoms with E-state index in [4.69, 9.17) is 0 Å². The summed E-state index contributed by atoms with van der Waals surface area (Å²) in [6.07, 6.45) is 0. The molecule has 0 saturated heterocycles. The summed E-state index contributed by atoms with van der Waals surface area (Å²) in [6.45, 7) is 4.74. The summed E-state index contributed by atoms with van der Waals surface area (Å²) < 4.78 is 5.01. The molecule has 0 atom stereocenters. The zero-order valence-electron chi connectivity index (χ0n) is 22.9. The molecule has 0 aliphatic heterocycles. The van der Waals surface area contributed by atoms with Crippen LogP contribution in [-0.4, -0.2) is 8.97 Å². The van der Waals surface area contributed by atoms with Gasteiger partial charge in [0.25, 0.3) is 0 Å². The van der Waals surface area contributed by atoms with Crippen LogP contribution in [0.4, 0.5) is 0 Å². The maximum absolute atomic E-state index is 2.54. The maximum Gasteiger partial charge on any atom is 0.0641 e. The van der Waals surface area contributed by atoms with Gasteiger partial charge in [-0.05, 0) is 58.7 Å². The molecule has 0 saturated carbocycles. The molecule has 1 aliphatic carbocycles.